The number of nitrogens with one attached hydrogen (secondary N) is 1. The van der Waals surface area contributed by atoms with Crippen LogP contribution in [0.25, 0.3) is 10.8 Å². The van der Waals surface area contributed by atoms with Gasteiger partial charge >= 0.3 is 0 Å². The second-order valence-electron chi connectivity index (χ2n) is 10.8. The normalized spacial score (nSPS) is 18.2. The first-order chi connectivity index (χ1) is 19.5. The molecule has 0 aliphatic carbocycles. The molecule has 2 aliphatic rings. The summed E-state index contributed by atoms with van der Waals surface area (Å²) in [5, 5.41) is 4.86. The molecule has 6 nitrogen and oxygen atoms in total. The van der Waals surface area contributed by atoms with E-state index in [1.165, 1.54) is 35.7 Å². The molecule has 0 aromatic heterocycles. The molecule has 4 aromatic rings. The number of hydrogen-bond acceptors (Lipinski definition) is 4. The third kappa shape index (κ3) is 5.49. The lowest BCUT2D eigenvalue weighted by Gasteiger charge is -2.35. The van der Waals surface area contributed by atoms with Gasteiger partial charge in [0.2, 0.25) is 15.9 Å². The molecule has 0 bridgehead atoms. The minimum atomic E-state index is -3.93. The maximum absolute atomic E-state index is 14.0. The molecule has 1 fully saturated rings. The summed E-state index contributed by atoms with van der Waals surface area (Å²) >= 11 is 0. The van der Waals surface area contributed by atoms with Crippen LogP contribution < -0.4 is 10.2 Å². The Morgan fingerprint density at radius 3 is 2.20 bits per heavy atom. The van der Waals surface area contributed by atoms with Crippen molar-refractivity contribution in [2.45, 2.75) is 56.1 Å². The van der Waals surface area contributed by atoms with Crippen LogP contribution in [0.15, 0.2) is 95.9 Å². The lowest BCUT2D eigenvalue weighted by molar-refractivity contribution is -0.125. The van der Waals surface area contributed by atoms with Gasteiger partial charge in [0.15, 0.2) is 0 Å². The number of nitrogens with zero attached hydrogens (tertiary/aromatic N) is 2. The average molecular weight is 554 g/mol. The Bertz CT molecular complexity index is 1610. The molecule has 0 saturated carbocycles. The fourth-order valence-corrected chi connectivity index (χ4v) is 7.50. The topological polar surface area (TPSA) is 69.7 Å². The van der Waals surface area contributed by atoms with E-state index in [0.29, 0.717) is 13.0 Å². The van der Waals surface area contributed by atoms with Gasteiger partial charge in [0, 0.05) is 31.9 Å². The number of anilines is 1. The number of amides is 1. The van der Waals surface area contributed by atoms with Crippen molar-refractivity contribution < 1.29 is 13.2 Å². The van der Waals surface area contributed by atoms with E-state index in [1.54, 1.807) is 12.1 Å². The number of sulfonamides is 1. The molecule has 1 N–H and O–H groups in total. The third-order valence-electron chi connectivity index (χ3n) is 8.21. The smallest absolute Gasteiger partial charge is 0.244 e. The van der Waals surface area contributed by atoms with Crippen LogP contribution in [0.4, 0.5) is 5.69 Å². The van der Waals surface area contributed by atoms with E-state index < -0.39 is 16.1 Å². The summed E-state index contributed by atoms with van der Waals surface area (Å²) in [5.74, 6) is -0.282. The quantitative estimate of drug-likeness (QED) is 0.335. The number of rotatable bonds is 6. The fourth-order valence-electron chi connectivity index (χ4n) is 5.90. The predicted octanol–water partition coefficient (Wildman–Crippen LogP) is 5.65. The van der Waals surface area contributed by atoms with Crippen molar-refractivity contribution in [3.8, 4) is 0 Å². The molecule has 6 rings (SSSR count). The van der Waals surface area contributed by atoms with Gasteiger partial charge in [-0.15, -0.1) is 0 Å². The van der Waals surface area contributed by atoms with Gasteiger partial charge in [-0.3, -0.25) is 4.79 Å². The first-order valence-electron chi connectivity index (χ1n) is 14.2. The SMILES string of the molecule is O=C(NCc1ccc(N2CCCCCC2)cc1)C1Cc2ccccc2CN1S(=O)(=O)c1ccc2ccccc2c1. The maximum Gasteiger partial charge on any atom is 0.244 e. The highest BCUT2D eigenvalue weighted by molar-refractivity contribution is 7.89. The van der Waals surface area contributed by atoms with Gasteiger partial charge in [0.1, 0.15) is 6.04 Å². The fraction of sp³-hybridized carbons (Fsp3) is 0.303. The molecule has 1 atom stereocenters. The van der Waals surface area contributed by atoms with E-state index in [9.17, 15) is 13.2 Å². The molecule has 0 spiro atoms. The van der Waals surface area contributed by atoms with E-state index in [4.69, 9.17) is 0 Å². The Morgan fingerprint density at radius 2 is 1.45 bits per heavy atom. The number of carbonyl (C=O) groups excluding carboxylic acids is 1. The van der Waals surface area contributed by atoms with Crippen molar-refractivity contribution in [1.29, 1.82) is 0 Å². The Hall–Kier alpha value is -3.68. The van der Waals surface area contributed by atoms with Gasteiger partial charge < -0.3 is 10.2 Å². The lowest BCUT2D eigenvalue weighted by Crippen LogP contribution is -2.52. The first-order valence-corrected chi connectivity index (χ1v) is 15.6. The molecule has 206 valence electrons. The average Bonchev–Trinajstić information content (AvgIpc) is 3.29. The zero-order valence-corrected chi connectivity index (χ0v) is 23.4. The largest absolute Gasteiger partial charge is 0.372 e. The highest BCUT2D eigenvalue weighted by atomic mass is 32.2. The molecule has 2 aliphatic heterocycles. The molecule has 1 amide bonds. The number of fused-ring (bicyclic) bond motifs is 2. The van der Waals surface area contributed by atoms with E-state index in [-0.39, 0.29) is 17.3 Å². The summed E-state index contributed by atoms with van der Waals surface area (Å²) in [6.45, 7) is 2.68. The monoisotopic (exact) mass is 553 g/mol. The Kier molecular flexibility index (Phi) is 7.59. The number of carbonyl (C=O) groups is 1. The van der Waals surface area contributed by atoms with Gasteiger partial charge in [-0.05, 0) is 71.0 Å². The molecule has 4 aromatic carbocycles. The Labute approximate surface area is 236 Å². The zero-order chi connectivity index (χ0) is 27.5. The summed E-state index contributed by atoms with van der Waals surface area (Å²) < 4.78 is 29.3. The molecular weight excluding hydrogens is 518 g/mol. The van der Waals surface area contributed by atoms with E-state index >= 15 is 0 Å². The molecule has 1 unspecified atom stereocenters. The maximum atomic E-state index is 14.0. The van der Waals surface area contributed by atoms with Crippen LogP contribution in [-0.4, -0.2) is 37.8 Å². The summed E-state index contributed by atoms with van der Waals surface area (Å²) in [7, 11) is -3.93. The Morgan fingerprint density at radius 1 is 0.775 bits per heavy atom. The molecule has 40 heavy (non-hydrogen) atoms. The molecule has 7 heteroatoms. The van der Waals surface area contributed by atoms with Gasteiger partial charge in [-0.2, -0.15) is 4.31 Å². The third-order valence-corrected chi connectivity index (χ3v) is 10.1. The van der Waals surface area contributed by atoms with E-state index in [2.05, 4.69) is 34.5 Å². The summed E-state index contributed by atoms with van der Waals surface area (Å²) in [5.41, 5.74) is 4.15. The van der Waals surface area contributed by atoms with Crippen molar-refractivity contribution in [3.05, 3.63) is 108 Å². The Balaban J connectivity index is 1.22. The lowest BCUT2D eigenvalue weighted by atomic mass is 9.95. The minimum Gasteiger partial charge on any atom is -0.372 e. The van der Waals surface area contributed by atoms with Gasteiger partial charge in [-0.1, -0.05) is 79.6 Å². The van der Waals surface area contributed by atoms with Crippen LogP contribution in [0.5, 0.6) is 0 Å². The van der Waals surface area contributed by atoms with E-state index in [0.717, 1.165) is 40.6 Å². The van der Waals surface area contributed by atoms with Crippen molar-refractivity contribution >= 4 is 32.4 Å². The van der Waals surface area contributed by atoms with Crippen LogP contribution in [0, 0.1) is 0 Å². The number of hydrogen-bond donors (Lipinski definition) is 1. The van der Waals surface area contributed by atoms with Gasteiger partial charge in [0.05, 0.1) is 4.90 Å². The van der Waals surface area contributed by atoms with E-state index in [1.807, 2.05) is 54.6 Å². The molecule has 2 heterocycles. The highest BCUT2D eigenvalue weighted by Crippen LogP contribution is 2.31. The summed E-state index contributed by atoms with van der Waals surface area (Å²) in [6, 6.07) is 28.2. The van der Waals surface area contributed by atoms with Gasteiger partial charge in [0.25, 0.3) is 0 Å². The van der Waals surface area contributed by atoms with Crippen molar-refractivity contribution in [1.82, 2.24) is 9.62 Å². The first kappa shape index (κ1) is 26.5. The summed E-state index contributed by atoms with van der Waals surface area (Å²) in [4.78, 5) is 16.2. The molecule has 1 saturated heterocycles. The minimum absolute atomic E-state index is 0.161. The molecular formula is C33H35N3O3S. The van der Waals surface area contributed by atoms with Crippen molar-refractivity contribution in [2.75, 3.05) is 18.0 Å². The standard InChI is InChI=1S/C33H35N3O3S/c37-33(34-23-25-13-16-30(17-14-25)35-19-7-1-2-8-20-35)32-22-28-11-5-6-12-29(28)24-36(32)40(38,39)31-18-15-26-9-3-4-10-27(26)21-31/h3-6,9-18,21,32H,1-2,7-8,19-20,22-24H2,(H,34,37). The number of benzene rings is 4. The second-order valence-corrected chi connectivity index (χ2v) is 12.7. The second kappa shape index (κ2) is 11.4. The van der Waals surface area contributed by atoms with Crippen LogP contribution >= 0.6 is 0 Å². The van der Waals surface area contributed by atoms with Gasteiger partial charge in [-0.25, -0.2) is 8.42 Å². The highest BCUT2D eigenvalue weighted by Gasteiger charge is 2.39. The molecule has 0 radical (unpaired) electrons. The van der Waals surface area contributed by atoms with Crippen molar-refractivity contribution in [3.63, 3.8) is 0 Å². The predicted molar refractivity (Wildman–Crippen MR) is 160 cm³/mol. The van der Waals surface area contributed by atoms with Crippen LogP contribution in [-0.2, 0) is 34.3 Å². The van der Waals surface area contributed by atoms with Crippen LogP contribution in [0.1, 0.15) is 42.4 Å². The summed E-state index contributed by atoms with van der Waals surface area (Å²) in [6.07, 6.45) is 5.37. The van der Waals surface area contributed by atoms with Crippen molar-refractivity contribution in [2.24, 2.45) is 0 Å². The van der Waals surface area contributed by atoms with Crippen LogP contribution in [0.2, 0.25) is 0 Å². The van der Waals surface area contributed by atoms with Crippen LogP contribution in [0.3, 0.4) is 0 Å². The zero-order valence-electron chi connectivity index (χ0n) is 22.6.